The Balaban J connectivity index is 2.56. The maximum absolute atomic E-state index is 6.28. The van der Waals surface area contributed by atoms with Gasteiger partial charge in [0, 0.05) is 12.5 Å². The molecule has 0 spiro atoms. The molecule has 0 radical (unpaired) electrons. The molecule has 1 aromatic carbocycles. The number of hydrogen-bond donors (Lipinski definition) is 0. The molecular weight excluding hydrogens is 234 g/mol. The summed E-state index contributed by atoms with van der Waals surface area (Å²) >= 11 is 6.28. The van der Waals surface area contributed by atoms with Crippen molar-refractivity contribution in [3.63, 3.8) is 0 Å². The first-order valence-electron chi connectivity index (χ1n) is 5.70. The summed E-state index contributed by atoms with van der Waals surface area (Å²) in [6.45, 7) is 4.82. The van der Waals surface area contributed by atoms with Gasteiger partial charge < -0.3 is 4.74 Å². The third kappa shape index (κ3) is 2.59. The number of benzene rings is 1. The first-order valence-corrected chi connectivity index (χ1v) is 6.07. The number of pyridine rings is 1. The van der Waals surface area contributed by atoms with E-state index in [4.69, 9.17) is 16.3 Å². The van der Waals surface area contributed by atoms with Crippen molar-refractivity contribution < 1.29 is 4.74 Å². The van der Waals surface area contributed by atoms with Crippen LogP contribution in [0.1, 0.15) is 31.0 Å². The lowest BCUT2D eigenvalue weighted by molar-refractivity contribution is 0.182. The number of hydrogen-bond acceptors (Lipinski definition) is 2. The number of aromatic nitrogens is 1. The van der Waals surface area contributed by atoms with Gasteiger partial charge in [-0.2, -0.15) is 0 Å². The quantitative estimate of drug-likeness (QED) is 0.815. The molecule has 0 atom stereocenters. The molecular formula is C14H16ClNO. The van der Waals surface area contributed by atoms with Crippen LogP contribution in [0.15, 0.2) is 24.3 Å². The van der Waals surface area contributed by atoms with Gasteiger partial charge in [-0.1, -0.05) is 31.5 Å². The third-order valence-corrected chi connectivity index (χ3v) is 3.11. The highest BCUT2D eigenvalue weighted by Crippen LogP contribution is 2.27. The van der Waals surface area contributed by atoms with Gasteiger partial charge in [-0.05, 0) is 29.7 Å². The minimum Gasteiger partial charge on any atom is -0.378 e. The van der Waals surface area contributed by atoms with E-state index in [2.05, 4.69) is 31.0 Å². The van der Waals surface area contributed by atoms with E-state index in [1.165, 1.54) is 5.56 Å². The Labute approximate surface area is 107 Å². The van der Waals surface area contributed by atoms with Crippen molar-refractivity contribution in [2.45, 2.75) is 26.4 Å². The van der Waals surface area contributed by atoms with E-state index >= 15 is 0 Å². The van der Waals surface area contributed by atoms with E-state index < -0.39 is 0 Å². The van der Waals surface area contributed by atoms with Gasteiger partial charge in [-0.3, -0.25) is 4.98 Å². The molecule has 0 aliphatic carbocycles. The number of methoxy groups -OCH3 is 1. The van der Waals surface area contributed by atoms with Crippen LogP contribution in [0.4, 0.5) is 0 Å². The highest BCUT2D eigenvalue weighted by molar-refractivity contribution is 6.35. The molecule has 1 aromatic heterocycles. The Kier molecular flexibility index (Phi) is 3.65. The summed E-state index contributed by atoms with van der Waals surface area (Å²) in [7, 11) is 1.65. The first-order chi connectivity index (χ1) is 8.11. The van der Waals surface area contributed by atoms with Crippen LogP contribution in [-0.2, 0) is 11.3 Å². The van der Waals surface area contributed by atoms with Gasteiger partial charge in [-0.25, -0.2) is 0 Å². The topological polar surface area (TPSA) is 22.1 Å². The summed E-state index contributed by atoms with van der Waals surface area (Å²) in [6, 6.07) is 8.12. The van der Waals surface area contributed by atoms with Crippen LogP contribution in [0.25, 0.3) is 10.9 Å². The molecule has 1 heterocycles. The summed E-state index contributed by atoms with van der Waals surface area (Å²) in [5, 5.41) is 1.75. The van der Waals surface area contributed by atoms with Gasteiger partial charge in [0.1, 0.15) is 0 Å². The molecule has 2 nitrogen and oxygen atoms in total. The summed E-state index contributed by atoms with van der Waals surface area (Å²) in [6.07, 6.45) is 0. The molecule has 0 saturated carbocycles. The Hall–Kier alpha value is -1.12. The molecule has 0 aliphatic rings. The molecule has 0 bridgehead atoms. The molecule has 0 unspecified atom stereocenters. The summed E-state index contributed by atoms with van der Waals surface area (Å²) in [5.41, 5.74) is 3.07. The van der Waals surface area contributed by atoms with E-state index in [9.17, 15) is 0 Å². The normalized spacial score (nSPS) is 11.4. The van der Waals surface area contributed by atoms with Gasteiger partial charge in [0.15, 0.2) is 0 Å². The van der Waals surface area contributed by atoms with Gasteiger partial charge in [0.25, 0.3) is 0 Å². The molecule has 90 valence electrons. The fourth-order valence-corrected chi connectivity index (χ4v) is 2.11. The smallest absolute Gasteiger partial charge is 0.0884 e. The monoisotopic (exact) mass is 249 g/mol. The number of nitrogens with zero attached hydrogens (tertiary/aromatic N) is 1. The molecule has 3 heteroatoms. The number of ether oxygens (including phenoxy) is 1. The predicted octanol–water partition coefficient (Wildman–Crippen LogP) is 4.16. The Morgan fingerprint density at radius 2 is 2.06 bits per heavy atom. The van der Waals surface area contributed by atoms with Crippen molar-refractivity contribution in [1.29, 1.82) is 0 Å². The molecule has 0 fully saturated rings. The largest absolute Gasteiger partial charge is 0.378 e. The summed E-state index contributed by atoms with van der Waals surface area (Å²) < 4.78 is 5.07. The van der Waals surface area contributed by atoms with Gasteiger partial charge in [0.2, 0.25) is 0 Å². The average Bonchev–Trinajstić information content (AvgIpc) is 2.29. The Morgan fingerprint density at radius 1 is 1.29 bits per heavy atom. The van der Waals surface area contributed by atoms with Crippen LogP contribution in [0.5, 0.6) is 0 Å². The maximum Gasteiger partial charge on any atom is 0.0884 e. The van der Waals surface area contributed by atoms with E-state index in [0.29, 0.717) is 12.5 Å². The first kappa shape index (κ1) is 12.3. The minimum atomic E-state index is 0.488. The average molecular weight is 250 g/mol. The van der Waals surface area contributed by atoms with E-state index in [0.717, 1.165) is 21.6 Å². The zero-order valence-corrected chi connectivity index (χ0v) is 11.1. The van der Waals surface area contributed by atoms with Gasteiger partial charge in [-0.15, -0.1) is 0 Å². The van der Waals surface area contributed by atoms with Crippen molar-refractivity contribution >= 4 is 22.5 Å². The van der Waals surface area contributed by atoms with Crippen molar-refractivity contribution in [2.24, 2.45) is 0 Å². The zero-order valence-electron chi connectivity index (χ0n) is 10.3. The van der Waals surface area contributed by atoms with Crippen LogP contribution in [0, 0.1) is 0 Å². The predicted molar refractivity (Wildman–Crippen MR) is 71.6 cm³/mol. The van der Waals surface area contributed by atoms with E-state index in [1.807, 2.05) is 12.1 Å². The molecule has 0 N–H and O–H groups in total. The highest BCUT2D eigenvalue weighted by Gasteiger charge is 2.07. The van der Waals surface area contributed by atoms with Crippen molar-refractivity contribution in [3.8, 4) is 0 Å². The third-order valence-electron chi connectivity index (χ3n) is 2.79. The molecule has 17 heavy (non-hydrogen) atoms. The lowest BCUT2D eigenvalue weighted by atomic mass is 10.0. The van der Waals surface area contributed by atoms with Crippen molar-refractivity contribution in [3.05, 3.63) is 40.5 Å². The summed E-state index contributed by atoms with van der Waals surface area (Å²) in [5.74, 6) is 0.495. The molecule has 2 rings (SSSR count). The number of fused-ring (bicyclic) bond motifs is 1. The van der Waals surface area contributed by atoms with Crippen LogP contribution in [0.2, 0.25) is 5.02 Å². The minimum absolute atomic E-state index is 0.488. The van der Waals surface area contributed by atoms with Gasteiger partial charge in [0.05, 0.1) is 22.8 Å². The van der Waals surface area contributed by atoms with Crippen LogP contribution in [-0.4, -0.2) is 12.1 Å². The number of rotatable bonds is 3. The second-order valence-corrected chi connectivity index (χ2v) is 4.87. The van der Waals surface area contributed by atoms with E-state index in [-0.39, 0.29) is 0 Å². The lowest BCUT2D eigenvalue weighted by Gasteiger charge is -2.09. The SMILES string of the molecule is COCc1cc(Cl)c2cc(C(C)C)ccc2n1. The fourth-order valence-electron chi connectivity index (χ4n) is 1.83. The number of halogens is 1. The van der Waals surface area contributed by atoms with Crippen LogP contribution >= 0.6 is 11.6 Å². The molecule has 0 amide bonds. The standard InChI is InChI=1S/C14H16ClNO/c1-9(2)10-4-5-14-12(6-10)13(15)7-11(16-14)8-17-3/h4-7,9H,8H2,1-3H3. The van der Waals surface area contributed by atoms with Crippen molar-refractivity contribution in [2.75, 3.05) is 7.11 Å². The zero-order chi connectivity index (χ0) is 12.4. The van der Waals surface area contributed by atoms with Crippen LogP contribution in [0.3, 0.4) is 0 Å². The summed E-state index contributed by atoms with van der Waals surface area (Å²) in [4.78, 5) is 4.52. The highest BCUT2D eigenvalue weighted by atomic mass is 35.5. The second-order valence-electron chi connectivity index (χ2n) is 4.46. The van der Waals surface area contributed by atoms with Gasteiger partial charge >= 0.3 is 0 Å². The molecule has 2 aromatic rings. The molecule has 0 aliphatic heterocycles. The van der Waals surface area contributed by atoms with Crippen molar-refractivity contribution in [1.82, 2.24) is 4.98 Å². The lowest BCUT2D eigenvalue weighted by Crippen LogP contribution is -1.94. The Bertz CT molecular complexity index is 537. The molecule has 0 saturated heterocycles. The second kappa shape index (κ2) is 5.03. The van der Waals surface area contributed by atoms with Crippen LogP contribution < -0.4 is 0 Å². The fraction of sp³-hybridized carbons (Fsp3) is 0.357. The Morgan fingerprint density at radius 3 is 2.71 bits per heavy atom. The van der Waals surface area contributed by atoms with E-state index in [1.54, 1.807) is 7.11 Å². The maximum atomic E-state index is 6.28.